The molecule has 0 aliphatic carbocycles. The van der Waals surface area contributed by atoms with Crippen molar-refractivity contribution < 1.29 is 9.47 Å². The first-order valence-electron chi connectivity index (χ1n) is 3.44. The van der Waals surface area contributed by atoms with Gasteiger partial charge in [0.05, 0.1) is 13.2 Å². The van der Waals surface area contributed by atoms with Crippen molar-refractivity contribution in [3.63, 3.8) is 0 Å². The molecule has 0 unspecified atom stereocenters. The van der Waals surface area contributed by atoms with Crippen LogP contribution in [0.15, 0.2) is 12.7 Å². The molecule has 0 saturated heterocycles. The molecule has 0 atom stereocenters. The molecule has 0 aromatic heterocycles. The zero-order valence-corrected chi connectivity index (χ0v) is 6.80. The monoisotopic (exact) mass is 144 g/mol. The van der Waals surface area contributed by atoms with Crippen LogP contribution in [0.2, 0.25) is 0 Å². The Morgan fingerprint density at radius 1 is 1.30 bits per heavy atom. The lowest BCUT2D eigenvalue weighted by atomic mass is 10.1. The van der Waals surface area contributed by atoms with Gasteiger partial charge in [0.15, 0.2) is 0 Å². The van der Waals surface area contributed by atoms with Crippen molar-refractivity contribution in [3.05, 3.63) is 12.7 Å². The molecule has 0 radical (unpaired) electrons. The van der Waals surface area contributed by atoms with Crippen molar-refractivity contribution in [2.45, 2.75) is 6.42 Å². The molecular weight excluding hydrogens is 128 g/mol. The molecule has 0 heterocycles. The Hall–Kier alpha value is -0.340. The minimum atomic E-state index is 0.465. The summed E-state index contributed by atoms with van der Waals surface area (Å²) in [6.45, 7) is 5.15. The molecule has 0 aliphatic rings. The number of rotatable bonds is 6. The number of hydrogen-bond acceptors (Lipinski definition) is 2. The van der Waals surface area contributed by atoms with Gasteiger partial charge >= 0.3 is 0 Å². The summed E-state index contributed by atoms with van der Waals surface area (Å²) in [4.78, 5) is 0. The molecule has 2 nitrogen and oxygen atoms in total. The minimum absolute atomic E-state index is 0.465. The van der Waals surface area contributed by atoms with E-state index < -0.39 is 0 Å². The van der Waals surface area contributed by atoms with Crippen LogP contribution in [0.4, 0.5) is 0 Å². The summed E-state index contributed by atoms with van der Waals surface area (Å²) < 4.78 is 9.96. The van der Waals surface area contributed by atoms with Crippen molar-refractivity contribution in [2.24, 2.45) is 5.92 Å². The summed E-state index contributed by atoms with van der Waals surface area (Å²) in [5.41, 5.74) is 0. The lowest BCUT2D eigenvalue weighted by Gasteiger charge is -2.11. The summed E-state index contributed by atoms with van der Waals surface area (Å²) in [5, 5.41) is 0. The van der Waals surface area contributed by atoms with E-state index in [0.29, 0.717) is 5.92 Å². The van der Waals surface area contributed by atoms with Gasteiger partial charge in [-0.25, -0.2) is 0 Å². The van der Waals surface area contributed by atoms with Crippen molar-refractivity contribution in [1.29, 1.82) is 0 Å². The second kappa shape index (κ2) is 6.78. The van der Waals surface area contributed by atoms with E-state index in [1.54, 1.807) is 14.2 Å². The fraction of sp³-hybridized carbons (Fsp3) is 0.750. The van der Waals surface area contributed by atoms with Crippen LogP contribution in [0.25, 0.3) is 0 Å². The first kappa shape index (κ1) is 9.66. The SMILES string of the molecule is C=CCC(COC)COC. The highest BCUT2D eigenvalue weighted by Gasteiger charge is 2.04. The Morgan fingerprint density at radius 2 is 1.80 bits per heavy atom. The maximum absolute atomic E-state index is 4.98. The van der Waals surface area contributed by atoms with E-state index in [1.165, 1.54) is 0 Å². The summed E-state index contributed by atoms with van der Waals surface area (Å²) >= 11 is 0. The van der Waals surface area contributed by atoms with Crippen LogP contribution in [0.5, 0.6) is 0 Å². The first-order valence-corrected chi connectivity index (χ1v) is 3.44. The van der Waals surface area contributed by atoms with Gasteiger partial charge in [0.2, 0.25) is 0 Å². The topological polar surface area (TPSA) is 18.5 Å². The number of allylic oxidation sites excluding steroid dienone is 1. The Kier molecular flexibility index (Phi) is 6.55. The van der Waals surface area contributed by atoms with Gasteiger partial charge in [0, 0.05) is 20.1 Å². The summed E-state index contributed by atoms with van der Waals surface area (Å²) in [7, 11) is 3.40. The predicted octanol–water partition coefficient (Wildman–Crippen LogP) is 1.47. The van der Waals surface area contributed by atoms with E-state index in [1.807, 2.05) is 6.08 Å². The second-order valence-electron chi connectivity index (χ2n) is 2.30. The Morgan fingerprint density at radius 3 is 2.10 bits per heavy atom. The highest BCUT2D eigenvalue weighted by Crippen LogP contribution is 2.03. The Labute approximate surface area is 62.8 Å². The number of ether oxygens (including phenoxy) is 2. The van der Waals surface area contributed by atoms with E-state index >= 15 is 0 Å². The third kappa shape index (κ3) is 4.53. The third-order valence-electron chi connectivity index (χ3n) is 1.30. The predicted molar refractivity (Wildman–Crippen MR) is 42.1 cm³/mol. The van der Waals surface area contributed by atoms with Gasteiger partial charge < -0.3 is 9.47 Å². The zero-order valence-electron chi connectivity index (χ0n) is 6.80. The average molecular weight is 144 g/mol. The normalized spacial score (nSPS) is 10.3. The molecule has 0 bridgehead atoms. The maximum atomic E-state index is 4.98. The van der Waals surface area contributed by atoms with Gasteiger partial charge in [-0.2, -0.15) is 0 Å². The molecule has 0 saturated carbocycles. The third-order valence-corrected chi connectivity index (χ3v) is 1.30. The maximum Gasteiger partial charge on any atom is 0.0515 e. The van der Waals surface area contributed by atoms with E-state index in [4.69, 9.17) is 9.47 Å². The first-order chi connectivity index (χ1) is 4.85. The molecule has 0 aromatic rings. The van der Waals surface area contributed by atoms with Gasteiger partial charge in [0.1, 0.15) is 0 Å². The molecule has 0 N–H and O–H groups in total. The Bertz CT molecular complexity index is 75.3. The van der Waals surface area contributed by atoms with Crippen molar-refractivity contribution in [1.82, 2.24) is 0 Å². The molecule has 0 spiro atoms. The largest absolute Gasteiger partial charge is 0.384 e. The standard InChI is InChI=1S/C8H16O2/c1-4-5-8(6-9-2)7-10-3/h4,8H,1,5-7H2,2-3H3. The summed E-state index contributed by atoms with van der Waals surface area (Å²) in [6, 6.07) is 0. The molecule has 2 heteroatoms. The molecule has 0 rings (SSSR count). The minimum Gasteiger partial charge on any atom is -0.384 e. The highest BCUT2D eigenvalue weighted by molar-refractivity contribution is 4.72. The highest BCUT2D eigenvalue weighted by atomic mass is 16.5. The smallest absolute Gasteiger partial charge is 0.0515 e. The molecule has 0 aromatic carbocycles. The van der Waals surface area contributed by atoms with Crippen LogP contribution in [0.1, 0.15) is 6.42 Å². The molecule has 0 aliphatic heterocycles. The lowest BCUT2D eigenvalue weighted by molar-refractivity contribution is 0.0861. The molecule has 0 fully saturated rings. The summed E-state index contributed by atoms with van der Waals surface area (Å²) in [5.74, 6) is 0.465. The van der Waals surface area contributed by atoms with Crippen LogP contribution in [0, 0.1) is 5.92 Å². The van der Waals surface area contributed by atoms with E-state index in [9.17, 15) is 0 Å². The van der Waals surface area contributed by atoms with Crippen molar-refractivity contribution in [2.75, 3.05) is 27.4 Å². The van der Waals surface area contributed by atoms with Gasteiger partial charge in [-0.3, -0.25) is 0 Å². The van der Waals surface area contributed by atoms with Crippen LogP contribution in [-0.2, 0) is 9.47 Å². The van der Waals surface area contributed by atoms with E-state index in [2.05, 4.69) is 6.58 Å². The Balaban J connectivity index is 3.38. The van der Waals surface area contributed by atoms with Crippen LogP contribution in [0.3, 0.4) is 0 Å². The van der Waals surface area contributed by atoms with Gasteiger partial charge in [-0.05, 0) is 6.42 Å². The van der Waals surface area contributed by atoms with Crippen molar-refractivity contribution >= 4 is 0 Å². The van der Waals surface area contributed by atoms with Crippen LogP contribution >= 0.6 is 0 Å². The van der Waals surface area contributed by atoms with E-state index in [-0.39, 0.29) is 0 Å². The molecule has 0 amide bonds. The zero-order chi connectivity index (χ0) is 7.82. The van der Waals surface area contributed by atoms with Crippen LogP contribution < -0.4 is 0 Å². The lowest BCUT2D eigenvalue weighted by Crippen LogP contribution is -2.13. The quantitative estimate of drug-likeness (QED) is 0.525. The van der Waals surface area contributed by atoms with Crippen LogP contribution in [-0.4, -0.2) is 27.4 Å². The number of hydrogen-bond donors (Lipinski definition) is 0. The molecule has 60 valence electrons. The molecule has 10 heavy (non-hydrogen) atoms. The van der Waals surface area contributed by atoms with E-state index in [0.717, 1.165) is 19.6 Å². The molecular formula is C8H16O2. The van der Waals surface area contributed by atoms with Gasteiger partial charge in [-0.1, -0.05) is 6.08 Å². The van der Waals surface area contributed by atoms with Crippen molar-refractivity contribution in [3.8, 4) is 0 Å². The fourth-order valence-corrected chi connectivity index (χ4v) is 0.891. The fourth-order valence-electron chi connectivity index (χ4n) is 0.891. The second-order valence-corrected chi connectivity index (χ2v) is 2.30. The summed E-state index contributed by atoms with van der Waals surface area (Å²) in [6.07, 6.45) is 2.85. The average Bonchev–Trinajstić information content (AvgIpc) is 1.90. The number of methoxy groups -OCH3 is 2. The van der Waals surface area contributed by atoms with Gasteiger partial charge in [0.25, 0.3) is 0 Å². The van der Waals surface area contributed by atoms with Gasteiger partial charge in [-0.15, -0.1) is 6.58 Å².